The maximum absolute atomic E-state index is 13.3. The molecule has 48 heavy (non-hydrogen) atoms. The first-order chi connectivity index (χ1) is 22.7. The zero-order valence-electron chi connectivity index (χ0n) is 28.9. The van der Waals surface area contributed by atoms with Crippen LogP contribution in [-0.4, -0.2) is 69.7 Å². The highest BCUT2D eigenvalue weighted by atomic mass is 35.5. The Labute approximate surface area is 296 Å². The number of nitrogens with zero attached hydrogens (tertiary/aromatic N) is 1. The highest BCUT2D eigenvalue weighted by molar-refractivity contribution is 6.34. The van der Waals surface area contributed by atoms with Crippen LogP contribution in [0.4, 0.5) is 4.79 Å². The second kappa shape index (κ2) is 14.2. The minimum Gasteiger partial charge on any atom is -0.445 e. The number of piperidine rings is 1. The largest absolute Gasteiger partial charge is 0.445 e. The van der Waals surface area contributed by atoms with E-state index in [9.17, 15) is 24.9 Å². The summed E-state index contributed by atoms with van der Waals surface area (Å²) >= 11 is 12.0. The highest BCUT2D eigenvalue weighted by Crippen LogP contribution is 2.68. The van der Waals surface area contributed by atoms with E-state index in [2.05, 4.69) is 26.1 Å². The third-order valence-electron chi connectivity index (χ3n) is 14.1. The van der Waals surface area contributed by atoms with Crippen molar-refractivity contribution in [1.29, 1.82) is 0 Å². The quantitative estimate of drug-likeness (QED) is 0.232. The van der Waals surface area contributed by atoms with Crippen LogP contribution in [0, 0.1) is 46.3 Å². The lowest BCUT2D eigenvalue weighted by Crippen LogP contribution is -2.58. The number of ether oxygens (including phenoxy) is 1. The van der Waals surface area contributed by atoms with E-state index in [-0.39, 0.29) is 42.1 Å². The number of carbonyl (C=O) groups is 2. The topological polar surface area (TPSA) is 119 Å². The van der Waals surface area contributed by atoms with Crippen LogP contribution in [0.1, 0.15) is 103 Å². The van der Waals surface area contributed by atoms with Gasteiger partial charge < -0.3 is 30.3 Å². The average Bonchev–Trinajstić information content (AvgIpc) is 3.39. The summed E-state index contributed by atoms with van der Waals surface area (Å²) < 4.78 is 5.27. The normalized spacial score (nSPS) is 37.9. The minimum absolute atomic E-state index is 0.0145. The van der Waals surface area contributed by atoms with Crippen molar-refractivity contribution >= 4 is 35.2 Å². The molecule has 8 nitrogen and oxygen atoms in total. The predicted octanol–water partition coefficient (Wildman–Crippen LogP) is 6.98. The van der Waals surface area contributed by atoms with E-state index in [0.717, 1.165) is 32.1 Å². The number of aliphatic hydroxyl groups is 3. The van der Waals surface area contributed by atoms with E-state index in [0.29, 0.717) is 83.5 Å². The van der Waals surface area contributed by atoms with Crippen molar-refractivity contribution in [2.75, 3.05) is 19.6 Å². The lowest BCUT2D eigenvalue weighted by Gasteiger charge is -2.62. The van der Waals surface area contributed by atoms with Crippen molar-refractivity contribution in [2.24, 2.45) is 46.3 Å². The SMILES string of the molecule is C[C@H](CCC(=O)N1CCC(O)(CNC(=O)OCc2cc(Cl)cc(Cl)c2)CC1)[C@H]1CC[C@H]2[C@@H]3[C@@H](O)C[C@@H]4C[C@H](O)CC[C@]4(C)[C@H]3CC[C@]12C. The van der Waals surface area contributed by atoms with Crippen molar-refractivity contribution in [2.45, 2.75) is 122 Å². The Morgan fingerprint density at radius 1 is 0.958 bits per heavy atom. The average molecular weight is 708 g/mol. The number of nitrogens with one attached hydrogen (secondary N) is 1. The van der Waals surface area contributed by atoms with Crippen molar-refractivity contribution in [3.05, 3.63) is 33.8 Å². The summed E-state index contributed by atoms with van der Waals surface area (Å²) in [7, 11) is 0. The number of aliphatic hydroxyl groups excluding tert-OH is 2. The van der Waals surface area contributed by atoms with Crippen LogP contribution in [-0.2, 0) is 16.1 Å². The summed E-state index contributed by atoms with van der Waals surface area (Å²) in [6.45, 7) is 8.27. The molecule has 5 fully saturated rings. The van der Waals surface area contributed by atoms with Crippen molar-refractivity contribution in [1.82, 2.24) is 10.2 Å². The van der Waals surface area contributed by atoms with Gasteiger partial charge in [-0.1, -0.05) is 44.0 Å². The third kappa shape index (κ3) is 7.26. The summed E-state index contributed by atoms with van der Waals surface area (Å²) in [6.07, 6.45) is 9.38. The summed E-state index contributed by atoms with van der Waals surface area (Å²) in [4.78, 5) is 27.5. The fourth-order valence-electron chi connectivity index (χ4n) is 11.4. The molecule has 0 spiro atoms. The maximum atomic E-state index is 13.3. The maximum Gasteiger partial charge on any atom is 0.407 e. The number of carbonyl (C=O) groups excluding carboxylic acids is 2. The summed E-state index contributed by atoms with van der Waals surface area (Å²) in [5.41, 5.74) is 0.00738. The Morgan fingerprint density at radius 3 is 2.33 bits per heavy atom. The van der Waals surface area contributed by atoms with Crippen LogP contribution in [0.25, 0.3) is 0 Å². The molecule has 5 aliphatic rings. The van der Waals surface area contributed by atoms with Crippen molar-refractivity contribution in [3.63, 3.8) is 0 Å². The van der Waals surface area contributed by atoms with E-state index < -0.39 is 11.7 Å². The lowest BCUT2D eigenvalue weighted by molar-refractivity contribution is -0.174. The molecule has 2 amide bonds. The zero-order valence-corrected chi connectivity index (χ0v) is 30.4. The van der Waals surface area contributed by atoms with Crippen LogP contribution in [0.5, 0.6) is 0 Å². The molecular weight excluding hydrogens is 651 g/mol. The number of amides is 2. The van der Waals surface area contributed by atoms with Gasteiger partial charge in [-0.05, 0) is 141 Å². The Bertz CT molecular complexity index is 1320. The van der Waals surface area contributed by atoms with Gasteiger partial charge in [-0.2, -0.15) is 0 Å². The molecule has 10 heteroatoms. The second-order valence-corrected chi connectivity index (χ2v) is 17.7. The van der Waals surface area contributed by atoms with E-state index in [4.69, 9.17) is 27.9 Å². The molecule has 10 atom stereocenters. The molecule has 4 saturated carbocycles. The molecule has 0 radical (unpaired) electrons. The van der Waals surface area contributed by atoms with Crippen LogP contribution in [0.3, 0.4) is 0 Å². The Morgan fingerprint density at radius 2 is 1.62 bits per heavy atom. The first kappa shape index (κ1) is 36.2. The van der Waals surface area contributed by atoms with Crippen LogP contribution >= 0.6 is 23.2 Å². The second-order valence-electron chi connectivity index (χ2n) is 16.8. The molecule has 268 valence electrons. The van der Waals surface area contributed by atoms with Gasteiger partial charge in [-0.25, -0.2) is 4.79 Å². The van der Waals surface area contributed by atoms with E-state index in [1.165, 1.54) is 25.7 Å². The predicted molar refractivity (Wildman–Crippen MR) is 186 cm³/mol. The first-order valence-electron chi connectivity index (χ1n) is 18.4. The number of hydrogen-bond acceptors (Lipinski definition) is 6. The van der Waals surface area contributed by atoms with Gasteiger partial charge in [0.2, 0.25) is 5.91 Å². The summed E-state index contributed by atoms with van der Waals surface area (Å²) in [5, 5.41) is 36.6. The number of likely N-dealkylation sites (tertiary alicyclic amines) is 1. The fraction of sp³-hybridized carbons (Fsp3) is 0.789. The molecule has 6 rings (SSSR count). The Balaban J connectivity index is 0.953. The molecule has 0 unspecified atom stereocenters. The minimum atomic E-state index is -1.09. The number of halogens is 2. The first-order valence-corrected chi connectivity index (χ1v) is 19.2. The number of alkyl carbamates (subject to hydrolysis) is 1. The molecule has 1 aromatic carbocycles. The molecule has 0 bridgehead atoms. The van der Waals surface area contributed by atoms with E-state index >= 15 is 0 Å². The van der Waals surface area contributed by atoms with Gasteiger partial charge >= 0.3 is 6.09 Å². The van der Waals surface area contributed by atoms with Gasteiger partial charge in [0.1, 0.15) is 6.61 Å². The molecule has 0 aromatic heterocycles. The lowest BCUT2D eigenvalue weighted by atomic mass is 9.43. The Hall–Kier alpha value is -1.58. The van der Waals surface area contributed by atoms with E-state index in [1.54, 1.807) is 18.2 Å². The molecule has 1 aliphatic heterocycles. The highest BCUT2D eigenvalue weighted by Gasteiger charge is 2.62. The molecule has 4 N–H and O–H groups in total. The number of fused-ring (bicyclic) bond motifs is 5. The fourth-order valence-corrected chi connectivity index (χ4v) is 11.9. The monoisotopic (exact) mass is 706 g/mol. The van der Waals surface area contributed by atoms with Crippen molar-refractivity contribution in [3.8, 4) is 0 Å². The summed E-state index contributed by atoms with van der Waals surface area (Å²) in [5.74, 6) is 2.96. The third-order valence-corrected chi connectivity index (χ3v) is 14.6. The number of hydrogen-bond donors (Lipinski definition) is 4. The molecular formula is C38H56Cl2N2O6. The van der Waals surface area contributed by atoms with E-state index in [1.807, 2.05) is 4.90 Å². The number of rotatable bonds is 8. The van der Waals surface area contributed by atoms with Gasteiger partial charge in [0.05, 0.1) is 17.8 Å². The van der Waals surface area contributed by atoms with Gasteiger partial charge in [-0.3, -0.25) is 4.79 Å². The van der Waals surface area contributed by atoms with Crippen LogP contribution < -0.4 is 5.32 Å². The zero-order chi connectivity index (χ0) is 34.4. The van der Waals surface area contributed by atoms with Crippen molar-refractivity contribution < 1.29 is 29.6 Å². The van der Waals surface area contributed by atoms with Gasteiger partial charge in [0, 0.05) is 36.1 Å². The van der Waals surface area contributed by atoms with Crippen LogP contribution in [0.15, 0.2) is 18.2 Å². The molecule has 4 aliphatic carbocycles. The molecule has 1 saturated heterocycles. The summed E-state index contributed by atoms with van der Waals surface area (Å²) in [6, 6.07) is 4.97. The van der Waals surface area contributed by atoms with Crippen LogP contribution in [0.2, 0.25) is 10.0 Å². The molecule has 1 heterocycles. The standard InChI is InChI=1S/C38H56Cl2N2O6/c1-23(29-5-6-30-34-31(9-11-37(29,30)3)36(2)10-8-28(43)18-25(36)19-32(34)44)4-7-33(45)42-14-12-38(47,13-15-42)22-41-35(46)48-21-24-16-26(39)20-27(40)17-24/h16-17,20,23,25,28-32,34,43-44,47H,4-15,18-19,21-22H2,1-3H3,(H,41,46)/t23-,25+,28-,29-,30+,31+,32+,34+,36+,37-/m1/s1. The van der Waals surface area contributed by atoms with Gasteiger partial charge in [0.25, 0.3) is 0 Å². The number of benzene rings is 1. The van der Waals surface area contributed by atoms with Gasteiger partial charge in [0.15, 0.2) is 0 Å². The molecule has 1 aromatic rings. The smallest absolute Gasteiger partial charge is 0.407 e. The van der Waals surface area contributed by atoms with Gasteiger partial charge in [-0.15, -0.1) is 0 Å². The Kier molecular flexibility index (Phi) is 10.7.